The first-order valence-electron chi connectivity index (χ1n) is 9.66. The minimum atomic E-state index is -0.625. The molecule has 1 aliphatic heterocycles. The number of amides is 1. The van der Waals surface area contributed by atoms with Crippen molar-refractivity contribution in [2.45, 2.75) is 37.0 Å². The smallest absolute Gasteiger partial charge is 0.235 e. The summed E-state index contributed by atoms with van der Waals surface area (Å²) in [5.74, 6) is 1.31. The molecule has 6 rings (SSSR count). The van der Waals surface area contributed by atoms with Crippen molar-refractivity contribution in [2.75, 3.05) is 12.1 Å². The Labute approximate surface area is 160 Å². The molecule has 0 unspecified atom stereocenters. The van der Waals surface area contributed by atoms with Crippen molar-refractivity contribution >= 4 is 22.5 Å². The molecule has 0 atom stereocenters. The van der Waals surface area contributed by atoms with Gasteiger partial charge in [0, 0.05) is 22.7 Å². The summed E-state index contributed by atoms with van der Waals surface area (Å²) in [6.07, 6.45) is 3.82. The number of H-pyrrole nitrogens is 1. The number of benzene rings is 2. The average Bonchev–Trinajstić information content (AvgIpc) is 3.61. The third-order valence-corrected chi connectivity index (χ3v) is 6.10. The highest BCUT2D eigenvalue weighted by atomic mass is 19.1. The normalized spacial score (nSPS) is 19.0. The first kappa shape index (κ1) is 16.0. The van der Waals surface area contributed by atoms with Crippen molar-refractivity contribution in [1.29, 1.82) is 0 Å². The highest BCUT2D eigenvalue weighted by Gasteiger charge is 2.51. The summed E-state index contributed by atoms with van der Waals surface area (Å²) < 4.78 is 25.4. The molecule has 2 fully saturated rings. The van der Waals surface area contributed by atoms with E-state index >= 15 is 0 Å². The van der Waals surface area contributed by atoms with Gasteiger partial charge in [-0.3, -0.25) is 4.79 Å². The SMILES string of the molecule is O=C(Nc1cc2cc(C3CC3)[nH]c2cc1F)C1(c2ccc3c(c2)OCO3)CC1. The monoisotopic (exact) mass is 378 g/mol. The predicted molar refractivity (Wildman–Crippen MR) is 102 cm³/mol. The molecule has 1 amide bonds. The molecule has 2 N–H and O–H groups in total. The number of anilines is 1. The van der Waals surface area contributed by atoms with Gasteiger partial charge in [-0.05, 0) is 61.4 Å². The van der Waals surface area contributed by atoms with Gasteiger partial charge in [0.1, 0.15) is 5.82 Å². The van der Waals surface area contributed by atoms with Crippen LogP contribution in [0.15, 0.2) is 36.4 Å². The van der Waals surface area contributed by atoms with Gasteiger partial charge in [-0.25, -0.2) is 4.39 Å². The van der Waals surface area contributed by atoms with Gasteiger partial charge in [0.15, 0.2) is 11.5 Å². The summed E-state index contributed by atoms with van der Waals surface area (Å²) in [7, 11) is 0. The second-order valence-electron chi connectivity index (χ2n) is 8.02. The van der Waals surface area contributed by atoms with Crippen LogP contribution in [0, 0.1) is 5.82 Å². The molecule has 2 saturated carbocycles. The van der Waals surface area contributed by atoms with Crippen molar-refractivity contribution < 1.29 is 18.7 Å². The van der Waals surface area contributed by atoms with E-state index in [1.807, 2.05) is 18.2 Å². The molecule has 3 aliphatic rings. The number of fused-ring (bicyclic) bond motifs is 2. The van der Waals surface area contributed by atoms with Gasteiger partial charge >= 0.3 is 0 Å². The van der Waals surface area contributed by atoms with Crippen molar-refractivity contribution in [3.8, 4) is 11.5 Å². The third-order valence-electron chi connectivity index (χ3n) is 6.10. The van der Waals surface area contributed by atoms with Crippen LogP contribution < -0.4 is 14.8 Å². The number of hydrogen-bond donors (Lipinski definition) is 2. The molecular formula is C22H19FN2O3. The molecule has 1 aromatic heterocycles. The zero-order valence-corrected chi connectivity index (χ0v) is 15.2. The van der Waals surface area contributed by atoms with E-state index in [1.165, 1.54) is 18.9 Å². The van der Waals surface area contributed by atoms with Gasteiger partial charge in [0.25, 0.3) is 0 Å². The lowest BCUT2D eigenvalue weighted by Crippen LogP contribution is -2.28. The van der Waals surface area contributed by atoms with Gasteiger partial charge in [0.05, 0.1) is 11.1 Å². The van der Waals surface area contributed by atoms with Crippen LogP contribution in [0.2, 0.25) is 0 Å². The lowest BCUT2D eigenvalue weighted by molar-refractivity contribution is -0.118. The molecule has 6 heteroatoms. The molecule has 3 aromatic rings. The maximum Gasteiger partial charge on any atom is 0.235 e. The van der Waals surface area contributed by atoms with Gasteiger partial charge in [-0.2, -0.15) is 0 Å². The fourth-order valence-electron chi connectivity index (χ4n) is 4.09. The van der Waals surface area contributed by atoms with E-state index in [9.17, 15) is 9.18 Å². The predicted octanol–water partition coefficient (Wildman–Crippen LogP) is 4.58. The lowest BCUT2D eigenvalue weighted by atomic mass is 9.94. The van der Waals surface area contributed by atoms with E-state index in [1.54, 1.807) is 6.07 Å². The standard InChI is InChI=1S/C22H19FN2O3/c23-15-10-17-13(7-16(24-17)12-1-2-12)8-18(15)25-21(26)22(5-6-22)14-3-4-19-20(9-14)28-11-27-19/h3-4,7-10,12,24H,1-2,5-6,11H2,(H,25,26). The Balaban J connectivity index is 1.30. The van der Waals surface area contributed by atoms with E-state index in [-0.39, 0.29) is 18.4 Å². The first-order chi connectivity index (χ1) is 13.6. The summed E-state index contributed by atoms with van der Waals surface area (Å²) in [5.41, 5.74) is 2.41. The number of carbonyl (C=O) groups excluding carboxylic acids is 1. The van der Waals surface area contributed by atoms with E-state index in [4.69, 9.17) is 9.47 Å². The summed E-state index contributed by atoms with van der Waals surface area (Å²) in [5, 5.41) is 3.75. The molecule has 0 spiro atoms. The number of ether oxygens (including phenoxy) is 2. The quantitative estimate of drug-likeness (QED) is 0.698. The number of aromatic nitrogens is 1. The van der Waals surface area contributed by atoms with Crippen molar-refractivity contribution in [3.05, 3.63) is 53.5 Å². The van der Waals surface area contributed by atoms with Gasteiger partial charge in [0.2, 0.25) is 12.7 Å². The Kier molecular flexibility index (Phi) is 3.14. The highest BCUT2D eigenvalue weighted by Crippen LogP contribution is 2.51. The summed E-state index contributed by atoms with van der Waals surface area (Å²) in [6.45, 7) is 0.197. The van der Waals surface area contributed by atoms with Crippen LogP contribution in [0.25, 0.3) is 10.9 Å². The van der Waals surface area contributed by atoms with Crippen LogP contribution in [0.1, 0.15) is 42.9 Å². The number of halogens is 1. The van der Waals surface area contributed by atoms with E-state index in [2.05, 4.69) is 16.4 Å². The molecule has 0 radical (unpaired) electrons. The summed E-state index contributed by atoms with van der Waals surface area (Å²) >= 11 is 0. The molecule has 0 saturated heterocycles. The largest absolute Gasteiger partial charge is 0.454 e. The molecule has 0 bridgehead atoms. The van der Waals surface area contributed by atoms with Crippen LogP contribution in [0.5, 0.6) is 11.5 Å². The fourth-order valence-corrected chi connectivity index (χ4v) is 4.09. The molecule has 5 nitrogen and oxygen atoms in total. The van der Waals surface area contributed by atoms with Crippen LogP contribution >= 0.6 is 0 Å². The number of carbonyl (C=O) groups is 1. The average molecular weight is 378 g/mol. The van der Waals surface area contributed by atoms with Crippen LogP contribution in [-0.2, 0) is 10.2 Å². The lowest BCUT2D eigenvalue weighted by Gasteiger charge is -2.17. The number of hydrogen-bond acceptors (Lipinski definition) is 3. The summed E-state index contributed by atoms with van der Waals surface area (Å²) in [6, 6.07) is 10.8. The molecular weight excluding hydrogens is 359 g/mol. The Morgan fingerprint density at radius 3 is 2.71 bits per heavy atom. The topological polar surface area (TPSA) is 63.4 Å². The Morgan fingerprint density at radius 2 is 1.93 bits per heavy atom. The molecule has 2 aromatic carbocycles. The zero-order chi connectivity index (χ0) is 18.9. The van der Waals surface area contributed by atoms with Gasteiger partial charge in [-0.1, -0.05) is 6.07 Å². The summed E-state index contributed by atoms with van der Waals surface area (Å²) in [4.78, 5) is 16.3. The van der Waals surface area contributed by atoms with Crippen LogP contribution in [0.3, 0.4) is 0 Å². The minimum Gasteiger partial charge on any atom is -0.454 e. The number of nitrogens with one attached hydrogen (secondary N) is 2. The Bertz CT molecular complexity index is 1130. The molecule has 28 heavy (non-hydrogen) atoms. The van der Waals surface area contributed by atoms with E-state index < -0.39 is 11.2 Å². The Morgan fingerprint density at radius 1 is 1.11 bits per heavy atom. The van der Waals surface area contributed by atoms with Crippen LogP contribution in [-0.4, -0.2) is 17.7 Å². The number of rotatable bonds is 4. The maximum absolute atomic E-state index is 14.6. The van der Waals surface area contributed by atoms with E-state index in [0.717, 1.165) is 35.0 Å². The second kappa shape index (κ2) is 5.50. The fraction of sp³-hybridized carbons (Fsp3) is 0.318. The van der Waals surface area contributed by atoms with Crippen molar-refractivity contribution in [3.63, 3.8) is 0 Å². The third kappa shape index (κ3) is 2.40. The minimum absolute atomic E-state index is 0.178. The zero-order valence-electron chi connectivity index (χ0n) is 15.2. The van der Waals surface area contributed by atoms with Crippen molar-refractivity contribution in [1.82, 2.24) is 4.98 Å². The first-order valence-corrected chi connectivity index (χ1v) is 9.66. The van der Waals surface area contributed by atoms with E-state index in [0.29, 0.717) is 17.4 Å². The maximum atomic E-state index is 14.6. The van der Waals surface area contributed by atoms with Crippen molar-refractivity contribution in [2.24, 2.45) is 0 Å². The number of aromatic amines is 1. The highest BCUT2D eigenvalue weighted by molar-refractivity contribution is 6.02. The molecule has 2 heterocycles. The molecule has 2 aliphatic carbocycles. The second-order valence-corrected chi connectivity index (χ2v) is 8.02. The Hall–Kier alpha value is -3.02. The van der Waals surface area contributed by atoms with Crippen LogP contribution in [0.4, 0.5) is 10.1 Å². The molecule has 142 valence electrons. The van der Waals surface area contributed by atoms with Gasteiger partial charge in [-0.15, -0.1) is 0 Å². The van der Waals surface area contributed by atoms with Gasteiger partial charge < -0.3 is 19.8 Å².